The number of nitrogens with two attached hydrogens (primary N) is 1. The Morgan fingerprint density at radius 3 is 2.32 bits per heavy atom. The third kappa shape index (κ3) is 4.17. The molecule has 1 aromatic carbocycles. The number of nitrogens with zero attached hydrogens (tertiary/aromatic N) is 3. The second kappa shape index (κ2) is 8.65. The smallest absolute Gasteiger partial charge is 0.228 e. The normalized spacial score (nSPS) is 16.2. The molecular weight excluding hydrogens is 398 g/mol. The highest BCUT2D eigenvalue weighted by Crippen LogP contribution is 2.34. The van der Waals surface area contributed by atoms with Crippen LogP contribution in [0.5, 0.6) is 11.5 Å². The second-order valence-corrected chi connectivity index (χ2v) is 7.23. The van der Waals surface area contributed by atoms with E-state index < -0.39 is 0 Å². The van der Waals surface area contributed by atoms with Gasteiger partial charge >= 0.3 is 0 Å². The molecule has 1 saturated heterocycles. The lowest BCUT2D eigenvalue weighted by molar-refractivity contribution is -0.118. The summed E-state index contributed by atoms with van der Waals surface area (Å²) in [6.45, 7) is 3.55. The summed E-state index contributed by atoms with van der Waals surface area (Å²) in [5.74, 6) is 2.00. The summed E-state index contributed by atoms with van der Waals surface area (Å²) in [5, 5.41) is 3.90. The van der Waals surface area contributed by atoms with Gasteiger partial charge in [0.05, 0.1) is 19.7 Å². The quantitative estimate of drug-likeness (QED) is 0.510. The number of nitrogens with one attached hydrogen (secondary N) is 1. The summed E-state index contributed by atoms with van der Waals surface area (Å²) in [5.41, 5.74) is 8.71. The first-order valence-electron chi connectivity index (χ1n) is 9.95. The Hall–Kier alpha value is -3.59. The number of nitrogen functional groups attached to an aromatic ring is 1. The number of hydrogen-bond acceptors (Lipinski definition) is 9. The van der Waals surface area contributed by atoms with E-state index in [9.17, 15) is 4.79 Å². The van der Waals surface area contributed by atoms with E-state index in [-0.39, 0.29) is 11.8 Å². The van der Waals surface area contributed by atoms with E-state index in [0.29, 0.717) is 47.3 Å². The second-order valence-electron chi connectivity index (χ2n) is 7.23. The molecule has 9 nitrogen and oxygen atoms in total. The van der Waals surface area contributed by atoms with Gasteiger partial charge in [-0.05, 0) is 37.3 Å². The number of anilines is 2. The van der Waals surface area contributed by atoms with Gasteiger partial charge in [0.1, 0.15) is 23.0 Å². The molecule has 162 valence electrons. The lowest BCUT2D eigenvalue weighted by Gasteiger charge is -2.34. The van der Waals surface area contributed by atoms with Crippen LogP contribution in [-0.4, -0.2) is 55.6 Å². The molecule has 0 saturated carbocycles. The zero-order valence-corrected chi connectivity index (χ0v) is 17.7. The topological polar surface area (TPSA) is 116 Å². The molecule has 4 heterocycles. The zero-order valence-electron chi connectivity index (χ0n) is 17.7. The number of carbonyl (C=O) groups is 1. The van der Waals surface area contributed by atoms with E-state index in [2.05, 4.69) is 15.3 Å². The van der Waals surface area contributed by atoms with Crippen LogP contribution in [0.1, 0.15) is 6.92 Å². The molecule has 0 radical (unpaired) electrons. The van der Waals surface area contributed by atoms with Crippen molar-refractivity contribution in [2.75, 3.05) is 44.5 Å². The number of hydrogen-bond donors (Lipinski definition) is 2. The average molecular weight is 423 g/mol. The minimum atomic E-state index is -0.296. The van der Waals surface area contributed by atoms with Crippen molar-refractivity contribution in [3.63, 3.8) is 0 Å². The molecule has 0 amide bonds. The number of Topliss-reactive ketones (excluding diaryl/α,β-unsaturated/α-hetero) is 1. The van der Waals surface area contributed by atoms with Crippen LogP contribution in [0.25, 0.3) is 22.1 Å². The summed E-state index contributed by atoms with van der Waals surface area (Å²) in [4.78, 5) is 22.8. The molecule has 1 atom stereocenters. The van der Waals surface area contributed by atoms with Gasteiger partial charge in [-0.1, -0.05) is 0 Å². The van der Waals surface area contributed by atoms with Crippen LogP contribution in [-0.2, 0) is 4.79 Å². The number of aromatic nitrogens is 2. The molecule has 0 aliphatic carbocycles. The van der Waals surface area contributed by atoms with E-state index in [1.54, 1.807) is 33.3 Å². The van der Waals surface area contributed by atoms with Crippen LogP contribution in [0.2, 0.25) is 0 Å². The van der Waals surface area contributed by atoms with Crippen molar-refractivity contribution in [3.8, 4) is 11.5 Å². The summed E-state index contributed by atoms with van der Waals surface area (Å²) >= 11 is 0. The van der Waals surface area contributed by atoms with Crippen molar-refractivity contribution in [2.24, 2.45) is 0 Å². The number of rotatable bonds is 4. The highest BCUT2D eigenvalue weighted by Gasteiger charge is 2.28. The van der Waals surface area contributed by atoms with Gasteiger partial charge in [-0.25, -0.2) is 4.98 Å². The molecular formula is C22H25N5O4. The minimum Gasteiger partial charge on any atom is -0.493 e. The van der Waals surface area contributed by atoms with Gasteiger partial charge in [0, 0.05) is 31.1 Å². The first-order chi connectivity index (χ1) is 15.0. The van der Waals surface area contributed by atoms with E-state index in [1.165, 1.54) is 0 Å². The SMILES string of the molecule is COc1cc2nc(N3CCNCC3C(C)=O)nc(N)c2cc1OC.c1cc2ccc1o2. The fraction of sp³-hybridized carbons (Fsp3) is 0.318. The van der Waals surface area contributed by atoms with Crippen LogP contribution in [0, 0.1) is 0 Å². The summed E-state index contributed by atoms with van der Waals surface area (Å²) in [7, 11) is 3.13. The van der Waals surface area contributed by atoms with Gasteiger partial charge in [-0.15, -0.1) is 0 Å². The van der Waals surface area contributed by atoms with Gasteiger partial charge in [0.25, 0.3) is 0 Å². The summed E-state index contributed by atoms with van der Waals surface area (Å²) in [6, 6.07) is 11.0. The predicted molar refractivity (Wildman–Crippen MR) is 119 cm³/mol. The van der Waals surface area contributed by atoms with Crippen molar-refractivity contribution < 1.29 is 18.7 Å². The van der Waals surface area contributed by atoms with Crippen LogP contribution in [0.3, 0.4) is 0 Å². The molecule has 2 bridgehead atoms. The number of furan rings is 2. The van der Waals surface area contributed by atoms with Crippen molar-refractivity contribution >= 4 is 39.6 Å². The van der Waals surface area contributed by atoms with Crippen molar-refractivity contribution in [3.05, 3.63) is 36.4 Å². The average Bonchev–Trinajstić information content (AvgIpc) is 3.45. The Kier molecular flexibility index (Phi) is 5.77. The molecule has 1 aliphatic heterocycles. The summed E-state index contributed by atoms with van der Waals surface area (Å²) < 4.78 is 15.7. The maximum atomic E-state index is 11.9. The number of fused-ring (bicyclic) bond motifs is 3. The number of benzene rings is 2. The molecule has 0 spiro atoms. The molecule has 1 aliphatic rings. The van der Waals surface area contributed by atoms with E-state index in [1.807, 2.05) is 29.2 Å². The molecule has 1 fully saturated rings. The van der Waals surface area contributed by atoms with Gasteiger partial charge in [0.2, 0.25) is 5.95 Å². The fourth-order valence-electron chi connectivity index (χ4n) is 3.61. The van der Waals surface area contributed by atoms with Crippen LogP contribution in [0.15, 0.2) is 40.8 Å². The Bertz CT molecular complexity index is 1150. The Labute approximate surface area is 179 Å². The number of methoxy groups -OCH3 is 2. The molecule has 1 unspecified atom stereocenters. The molecule has 31 heavy (non-hydrogen) atoms. The number of ketones is 1. The maximum absolute atomic E-state index is 11.9. The van der Waals surface area contributed by atoms with Crippen LogP contribution < -0.4 is 25.4 Å². The lowest BCUT2D eigenvalue weighted by atomic mass is 10.1. The first-order valence-corrected chi connectivity index (χ1v) is 9.95. The lowest BCUT2D eigenvalue weighted by Crippen LogP contribution is -2.55. The van der Waals surface area contributed by atoms with E-state index >= 15 is 0 Å². The number of carbonyl (C=O) groups excluding carboxylic acids is 1. The highest BCUT2D eigenvalue weighted by atomic mass is 16.5. The largest absolute Gasteiger partial charge is 0.493 e. The monoisotopic (exact) mass is 423 g/mol. The number of ether oxygens (including phenoxy) is 2. The van der Waals surface area contributed by atoms with Crippen molar-refractivity contribution in [1.29, 1.82) is 0 Å². The summed E-state index contributed by atoms with van der Waals surface area (Å²) in [6.07, 6.45) is 0. The zero-order chi connectivity index (χ0) is 22.0. The van der Waals surface area contributed by atoms with Gasteiger partial charge < -0.3 is 29.8 Å². The van der Waals surface area contributed by atoms with Crippen LogP contribution in [0.4, 0.5) is 11.8 Å². The first kappa shape index (κ1) is 20.7. The molecule has 4 aromatic rings. The minimum absolute atomic E-state index is 0.0665. The third-order valence-electron chi connectivity index (χ3n) is 5.25. The molecule has 3 aromatic heterocycles. The molecule has 3 N–H and O–H groups in total. The Morgan fingerprint density at radius 2 is 1.77 bits per heavy atom. The number of piperazine rings is 1. The highest BCUT2D eigenvalue weighted by molar-refractivity contribution is 5.92. The van der Waals surface area contributed by atoms with E-state index in [0.717, 1.165) is 17.7 Å². The van der Waals surface area contributed by atoms with Gasteiger partial charge in [-0.3, -0.25) is 4.79 Å². The fourth-order valence-corrected chi connectivity index (χ4v) is 3.61. The Balaban J connectivity index is 0.000000275. The molecule has 9 heteroatoms. The Morgan fingerprint density at radius 1 is 1.13 bits per heavy atom. The van der Waals surface area contributed by atoms with E-state index in [4.69, 9.17) is 19.6 Å². The molecule has 5 rings (SSSR count). The third-order valence-corrected chi connectivity index (χ3v) is 5.25. The van der Waals surface area contributed by atoms with Gasteiger partial charge in [0.15, 0.2) is 17.3 Å². The van der Waals surface area contributed by atoms with Crippen LogP contribution >= 0.6 is 0 Å². The maximum Gasteiger partial charge on any atom is 0.228 e. The van der Waals surface area contributed by atoms with Gasteiger partial charge in [-0.2, -0.15) is 4.98 Å². The predicted octanol–water partition coefficient (Wildman–Crippen LogP) is 2.47. The van der Waals surface area contributed by atoms with Crippen molar-refractivity contribution in [2.45, 2.75) is 13.0 Å². The van der Waals surface area contributed by atoms with Crippen molar-refractivity contribution in [1.82, 2.24) is 15.3 Å². The standard InChI is InChI=1S/C16H21N5O3.C6H4O/c1-9(22)12-8-18-4-5-21(12)16-19-11-7-14(24-3)13(23-2)6-10(11)15(17)20-16;1-2-6-4-3-5(1)7-6/h6-7,12,18H,4-5,8H2,1-3H3,(H2,17,19,20);1-4H.